The van der Waals surface area contributed by atoms with Crippen molar-refractivity contribution in [3.05, 3.63) is 29.8 Å². The van der Waals surface area contributed by atoms with Crippen LogP contribution >= 0.6 is 0 Å². The maximum Gasteiger partial charge on any atom is 0.169 e. The lowest BCUT2D eigenvalue weighted by atomic mass is 9.76. The summed E-state index contributed by atoms with van der Waals surface area (Å²) in [6.07, 6.45) is 5.81. The Morgan fingerprint density at radius 3 is 2.57 bits per heavy atom. The molecule has 2 atom stereocenters. The number of para-hydroxylation sites is 1. The number of fused-ring (bicyclic) bond motifs is 2. The molecule has 3 nitrogen and oxygen atoms in total. The Labute approximate surface area is 127 Å². The zero-order chi connectivity index (χ0) is 14.8. The summed E-state index contributed by atoms with van der Waals surface area (Å²) in [6.45, 7) is 2.56. The van der Waals surface area contributed by atoms with Crippen molar-refractivity contribution in [3.8, 4) is 5.75 Å². The predicted octanol–water partition coefficient (Wildman–Crippen LogP) is 3.53. The molecule has 2 heterocycles. The third-order valence-corrected chi connectivity index (χ3v) is 5.16. The first-order valence-corrected chi connectivity index (χ1v) is 8.18. The van der Waals surface area contributed by atoms with Gasteiger partial charge >= 0.3 is 0 Å². The van der Waals surface area contributed by atoms with E-state index in [0.29, 0.717) is 18.7 Å². The zero-order valence-electron chi connectivity index (χ0n) is 13.0. The molecule has 0 spiro atoms. The van der Waals surface area contributed by atoms with E-state index in [1.165, 1.54) is 19.3 Å². The fourth-order valence-corrected chi connectivity index (χ4v) is 4.00. The van der Waals surface area contributed by atoms with Crippen LogP contribution in [-0.2, 0) is 0 Å². The Kier molecular flexibility index (Phi) is 4.29. The van der Waals surface area contributed by atoms with Crippen LogP contribution in [0.4, 0.5) is 0 Å². The van der Waals surface area contributed by atoms with E-state index in [1.54, 1.807) is 0 Å². The number of carbonyl (C=O) groups is 1. The van der Waals surface area contributed by atoms with Crippen molar-refractivity contribution in [2.24, 2.45) is 5.92 Å². The van der Waals surface area contributed by atoms with E-state index in [9.17, 15) is 4.79 Å². The van der Waals surface area contributed by atoms with Crippen LogP contribution in [0.2, 0.25) is 0 Å². The maximum absolute atomic E-state index is 12.9. The Hall–Kier alpha value is -1.35. The van der Waals surface area contributed by atoms with Crippen LogP contribution in [0.5, 0.6) is 5.75 Å². The fourth-order valence-electron chi connectivity index (χ4n) is 4.00. The highest BCUT2D eigenvalue weighted by Gasteiger charge is 2.39. The molecule has 2 saturated heterocycles. The van der Waals surface area contributed by atoms with Crippen molar-refractivity contribution >= 4 is 5.78 Å². The van der Waals surface area contributed by atoms with Crippen LogP contribution in [-0.4, -0.2) is 36.4 Å². The summed E-state index contributed by atoms with van der Waals surface area (Å²) in [5.41, 5.74) is 0.770. The minimum Gasteiger partial charge on any atom is -0.493 e. The normalized spacial score (nSPS) is 29.1. The third kappa shape index (κ3) is 2.84. The minimum atomic E-state index is 0.165. The smallest absolute Gasteiger partial charge is 0.169 e. The van der Waals surface area contributed by atoms with E-state index >= 15 is 0 Å². The van der Waals surface area contributed by atoms with Gasteiger partial charge in [-0.25, -0.2) is 0 Å². The molecule has 2 aliphatic heterocycles. The summed E-state index contributed by atoms with van der Waals surface area (Å²) in [5, 5.41) is 0. The minimum absolute atomic E-state index is 0.165. The Bertz CT molecular complexity index is 500. The number of ketones is 1. The van der Waals surface area contributed by atoms with Gasteiger partial charge in [0.1, 0.15) is 5.75 Å². The summed E-state index contributed by atoms with van der Waals surface area (Å²) in [4.78, 5) is 15.4. The Morgan fingerprint density at radius 2 is 1.90 bits per heavy atom. The van der Waals surface area contributed by atoms with Gasteiger partial charge in [0.05, 0.1) is 12.2 Å². The molecule has 3 rings (SSSR count). The number of rotatable bonds is 4. The van der Waals surface area contributed by atoms with Crippen LogP contribution in [0.15, 0.2) is 24.3 Å². The first-order valence-electron chi connectivity index (χ1n) is 8.18. The topological polar surface area (TPSA) is 29.5 Å². The van der Waals surface area contributed by atoms with Gasteiger partial charge in [-0.1, -0.05) is 18.6 Å². The lowest BCUT2D eigenvalue weighted by molar-refractivity contribution is 0.0337. The molecule has 1 aromatic rings. The molecule has 0 amide bonds. The lowest BCUT2D eigenvalue weighted by Crippen LogP contribution is -2.51. The lowest BCUT2D eigenvalue weighted by Gasteiger charge is -2.46. The Morgan fingerprint density at radius 1 is 1.24 bits per heavy atom. The van der Waals surface area contributed by atoms with E-state index in [2.05, 4.69) is 11.9 Å². The number of ether oxygens (including phenoxy) is 1. The molecule has 114 valence electrons. The van der Waals surface area contributed by atoms with Crippen LogP contribution < -0.4 is 4.74 Å². The molecule has 0 aromatic heterocycles. The predicted molar refractivity (Wildman–Crippen MR) is 83.9 cm³/mol. The molecule has 1 aromatic carbocycles. The number of carbonyl (C=O) groups excluding carboxylic acids is 1. The second-order valence-electron chi connectivity index (χ2n) is 6.37. The molecule has 0 saturated carbocycles. The summed E-state index contributed by atoms with van der Waals surface area (Å²) in [5.74, 6) is 1.19. The molecular weight excluding hydrogens is 262 g/mol. The molecule has 0 aliphatic carbocycles. The van der Waals surface area contributed by atoms with Gasteiger partial charge in [-0.3, -0.25) is 4.79 Å². The van der Waals surface area contributed by atoms with Crippen LogP contribution in [0.25, 0.3) is 0 Å². The summed E-state index contributed by atoms with van der Waals surface area (Å²) < 4.78 is 5.63. The molecule has 21 heavy (non-hydrogen) atoms. The number of Topliss-reactive ketones (excluding diaryl/α,β-unsaturated/α-hetero) is 1. The van der Waals surface area contributed by atoms with Crippen LogP contribution in [0, 0.1) is 5.92 Å². The van der Waals surface area contributed by atoms with Gasteiger partial charge in [0.2, 0.25) is 0 Å². The van der Waals surface area contributed by atoms with Crippen molar-refractivity contribution in [2.75, 3.05) is 13.7 Å². The average Bonchev–Trinajstić information content (AvgIpc) is 2.47. The molecule has 2 fully saturated rings. The number of hydrogen-bond donors (Lipinski definition) is 0. The van der Waals surface area contributed by atoms with Gasteiger partial charge in [0.25, 0.3) is 0 Å². The van der Waals surface area contributed by atoms with Crippen molar-refractivity contribution in [1.29, 1.82) is 0 Å². The number of hydrogen-bond acceptors (Lipinski definition) is 3. The molecule has 3 heteroatoms. The van der Waals surface area contributed by atoms with Gasteiger partial charge in [-0.15, -0.1) is 0 Å². The highest BCUT2D eigenvalue weighted by atomic mass is 16.5. The van der Waals surface area contributed by atoms with Crippen molar-refractivity contribution in [1.82, 2.24) is 4.90 Å². The fraction of sp³-hybridized carbons (Fsp3) is 0.611. The molecule has 2 unspecified atom stereocenters. The van der Waals surface area contributed by atoms with Gasteiger partial charge in [-0.05, 0) is 51.8 Å². The van der Waals surface area contributed by atoms with Crippen LogP contribution in [0.3, 0.4) is 0 Å². The van der Waals surface area contributed by atoms with E-state index in [0.717, 1.165) is 24.2 Å². The van der Waals surface area contributed by atoms with E-state index in [1.807, 2.05) is 31.2 Å². The second kappa shape index (κ2) is 6.18. The zero-order valence-corrected chi connectivity index (χ0v) is 13.0. The van der Waals surface area contributed by atoms with E-state index in [4.69, 9.17) is 4.74 Å². The third-order valence-electron chi connectivity index (χ3n) is 5.16. The van der Waals surface area contributed by atoms with Gasteiger partial charge in [0.15, 0.2) is 5.78 Å². The molecule has 0 N–H and O–H groups in total. The van der Waals surface area contributed by atoms with Gasteiger partial charge < -0.3 is 9.64 Å². The monoisotopic (exact) mass is 287 g/mol. The molecule has 2 bridgehead atoms. The number of piperidine rings is 2. The van der Waals surface area contributed by atoms with Crippen molar-refractivity contribution < 1.29 is 9.53 Å². The standard InChI is InChI=1S/C18H25NO2/c1-3-21-17-10-5-4-9-16(17)18(20)13-11-14-7-6-8-15(12-13)19(14)2/h4-5,9-10,13-15H,3,6-8,11-12H2,1-2H3. The van der Waals surface area contributed by atoms with E-state index < -0.39 is 0 Å². The largest absolute Gasteiger partial charge is 0.493 e. The molecule has 2 aliphatic rings. The quantitative estimate of drug-likeness (QED) is 0.793. The highest BCUT2D eigenvalue weighted by Crippen LogP contribution is 2.38. The highest BCUT2D eigenvalue weighted by molar-refractivity contribution is 6.00. The summed E-state index contributed by atoms with van der Waals surface area (Å²) in [7, 11) is 2.23. The van der Waals surface area contributed by atoms with Crippen molar-refractivity contribution in [2.45, 2.75) is 51.1 Å². The number of nitrogens with zero attached hydrogens (tertiary/aromatic N) is 1. The SMILES string of the molecule is CCOc1ccccc1C(=O)C1CC2CCCC(C1)N2C. The summed E-state index contributed by atoms with van der Waals surface area (Å²) in [6, 6.07) is 8.88. The second-order valence-corrected chi connectivity index (χ2v) is 6.37. The van der Waals surface area contributed by atoms with E-state index in [-0.39, 0.29) is 11.7 Å². The molecular formula is C18H25NO2. The summed E-state index contributed by atoms with van der Waals surface area (Å²) >= 11 is 0. The van der Waals surface area contributed by atoms with Crippen molar-refractivity contribution in [3.63, 3.8) is 0 Å². The molecule has 0 radical (unpaired) electrons. The first-order chi connectivity index (χ1) is 10.2. The first kappa shape index (κ1) is 14.6. The average molecular weight is 287 g/mol. The van der Waals surface area contributed by atoms with Gasteiger partial charge in [-0.2, -0.15) is 0 Å². The van der Waals surface area contributed by atoms with Gasteiger partial charge in [0, 0.05) is 18.0 Å². The van der Waals surface area contributed by atoms with Crippen LogP contribution in [0.1, 0.15) is 49.4 Å². The number of benzene rings is 1. The Balaban J connectivity index is 1.80. The maximum atomic E-state index is 12.9.